The number of thiophene rings is 1. The van der Waals surface area contributed by atoms with E-state index in [0.717, 1.165) is 11.3 Å². The number of hydrogen-bond acceptors (Lipinski definition) is 7. The molecule has 3 aliphatic rings. The number of anilines is 2. The fourth-order valence-electron chi connectivity index (χ4n) is 3.87. The summed E-state index contributed by atoms with van der Waals surface area (Å²) in [5.74, 6) is -0.0917. The van der Waals surface area contributed by atoms with Crippen molar-refractivity contribution in [3.63, 3.8) is 0 Å². The molecule has 11 heteroatoms. The number of morpholine rings is 1. The minimum Gasteiger partial charge on any atom is -0.489 e. The Kier molecular flexibility index (Phi) is 4.98. The van der Waals surface area contributed by atoms with E-state index in [1.165, 1.54) is 17.0 Å². The molecule has 4 heterocycles. The highest BCUT2D eigenvalue weighted by Gasteiger charge is 2.46. The van der Waals surface area contributed by atoms with Crippen LogP contribution in [-0.2, 0) is 14.3 Å². The SMILES string of the molecule is O=C(NC[C@@H]1OC(=O)N2c3ccc(N4CCOCC4=O)cc3OC[C@@H]12)c1ccc(F)s1. The molecule has 0 spiro atoms. The summed E-state index contributed by atoms with van der Waals surface area (Å²) < 4.78 is 29.6. The maximum absolute atomic E-state index is 13.1. The number of nitrogens with zero attached hydrogens (tertiary/aromatic N) is 2. The lowest BCUT2D eigenvalue weighted by Gasteiger charge is -2.33. The van der Waals surface area contributed by atoms with Crippen LogP contribution < -0.4 is 19.9 Å². The molecule has 0 bridgehead atoms. The quantitative estimate of drug-likeness (QED) is 0.767. The minimum atomic E-state index is -0.616. The Labute approximate surface area is 180 Å². The summed E-state index contributed by atoms with van der Waals surface area (Å²) in [5.41, 5.74) is 1.21. The third-order valence-electron chi connectivity index (χ3n) is 5.38. The van der Waals surface area contributed by atoms with Gasteiger partial charge in [-0.05, 0) is 24.3 Å². The Hall–Kier alpha value is -3.18. The van der Waals surface area contributed by atoms with E-state index in [0.29, 0.717) is 30.3 Å². The van der Waals surface area contributed by atoms with E-state index >= 15 is 0 Å². The summed E-state index contributed by atoms with van der Waals surface area (Å²) in [7, 11) is 0. The molecule has 31 heavy (non-hydrogen) atoms. The van der Waals surface area contributed by atoms with Gasteiger partial charge in [0, 0.05) is 18.3 Å². The Balaban J connectivity index is 1.30. The highest BCUT2D eigenvalue weighted by atomic mass is 32.1. The summed E-state index contributed by atoms with van der Waals surface area (Å²) in [4.78, 5) is 40.2. The van der Waals surface area contributed by atoms with Crippen LogP contribution in [0.1, 0.15) is 9.67 Å². The molecule has 9 nitrogen and oxygen atoms in total. The number of amides is 3. The van der Waals surface area contributed by atoms with Gasteiger partial charge in [-0.25, -0.2) is 4.79 Å². The van der Waals surface area contributed by atoms with Gasteiger partial charge in [0.15, 0.2) is 5.13 Å². The molecule has 1 aromatic heterocycles. The normalized spacial score (nSPS) is 22.5. The van der Waals surface area contributed by atoms with E-state index < -0.39 is 29.3 Å². The van der Waals surface area contributed by atoms with Crippen LogP contribution in [0.25, 0.3) is 0 Å². The van der Waals surface area contributed by atoms with Crippen molar-refractivity contribution in [2.45, 2.75) is 12.1 Å². The molecule has 5 rings (SSSR count). The number of rotatable bonds is 4. The van der Waals surface area contributed by atoms with Crippen LogP contribution in [-0.4, -0.2) is 63.0 Å². The molecule has 0 radical (unpaired) electrons. The molecule has 3 amide bonds. The standard InChI is InChI=1S/C20H18FN3O6S/c21-17-4-3-16(31-17)19(26)22-8-15-13-9-29-14-7-11(23-5-6-28-10-18(23)25)1-2-12(14)24(13)20(27)30-15/h1-4,7,13,15H,5-6,8-10H2,(H,22,26)/t13-,15-/m0/s1. The van der Waals surface area contributed by atoms with Crippen LogP contribution in [0.4, 0.5) is 20.6 Å². The van der Waals surface area contributed by atoms with Crippen LogP contribution in [0.5, 0.6) is 5.75 Å². The molecule has 0 saturated carbocycles. The van der Waals surface area contributed by atoms with Gasteiger partial charge in [-0.2, -0.15) is 4.39 Å². The third-order valence-corrected chi connectivity index (χ3v) is 6.25. The van der Waals surface area contributed by atoms with Gasteiger partial charge in [0.25, 0.3) is 11.8 Å². The van der Waals surface area contributed by atoms with Crippen LogP contribution >= 0.6 is 11.3 Å². The smallest absolute Gasteiger partial charge is 0.415 e. The molecule has 2 aromatic rings. The zero-order valence-electron chi connectivity index (χ0n) is 16.2. The lowest BCUT2D eigenvalue weighted by molar-refractivity contribution is -0.125. The first-order chi connectivity index (χ1) is 15.0. The molecule has 2 saturated heterocycles. The molecule has 2 atom stereocenters. The maximum atomic E-state index is 13.1. The number of nitrogens with one attached hydrogen (secondary N) is 1. The van der Waals surface area contributed by atoms with Crippen molar-refractivity contribution < 1.29 is 33.0 Å². The lowest BCUT2D eigenvalue weighted by atomic mass is 10.1. The highest BCUT2D eigenvalue weighted by molar-refractivity contribution is 7.12. The van der Waals surface area contributed by atoms with Crippen molar-refractivity contribution >= 4 is 40.6 Å². The monoisotopic (exact) mass is 447 g/mol. The maximum Gasteiger partial charge on any atom is 0.415 e. The Bertz CT molecular complexity index is 1060. The van der Waals surface area contributed by atoms with Gasteiger partial charge >= 0.3 is 6.09 Å². The molecule has 2 fully saturated rings. The number of hydrogen-bond donors (Lipinski definition) is 1. The number of carbonyl (C=O) groups excluding carboxylic acids is 3. The van der Waals surface area contributed by atoms with Crippen LogP contribution in [0.15, 0.2) is 30.3 Å². The lowest BCUT2D eigenvalue weighted by Crippen LogP contribution is -2.48. The van der Waals surface area contributed by atoms with E-state index in [1.54, 1.807) is 23.1 Å². The van der Waals surface area contributed by atoms with Crippen LogP contribution in [0.3, 0.4) is 0 Å². The summed E-state index contributed by atoms with van der Waals surface area (Å²) in [6.45, 7) is 1.18. The second-order valence-electron chi connectivity index (χ2n) is 7.23. The Morgan fingerprint density at radius 3 is 2.90 bits per heavy atom. The van der Waals surface area contributed by atoms with E-state index in [4.69, 9.17) is 14.2 Å². The second kappa shape index (κ2) is 7.82. The molecule has 1 N–H and O–H groups in total. The Morgan fingerprint density at radius 2 is 2.13 bits per heavy atom. The first kappa shape index (κ1) is 19.8. The van der Waals surface area contributed by atoms with Crippen molar-refractivity contribution in [3.8, 4) is 5.75 Å². The molecular formula is C20H18FN3O6S. The fraction of sp³-hybridized carbons (Fsp3) is 0.350. The van der Waals surface area contributed by atoms with Gasteiger partial charge in [-0.1, -0.05) is 0 Å². The highest BCUT2D eigenvalue weighted by Crippen LogP contribution is 2.41. The van der Waals surface area contributed by atoms with Gasteiger partial charge in [-0.3, -0.25) is 14.5 Å². The molecule has 162 valence electrons. The largest absolute Gasteiger partial charge is 0.489 e. The first-order valence-electron chi connectivity index (χ1n) is 9.69. The number of halogens is 1. The van der Waals surface area contributed by atoms with E-state index in [1.807, 2.05) is 0 Å². The van der Waals surface area contributed by atoms with Crippen LogP contribution in [0.2, 0.25) is 0 Å². The van der Waals surface area contributed by atoms with E-state index in [9.17, 15) is 18.8 Å². The van der Waals surface area contributed by atoms with Crippen molar-refractivity contribution in [2.75, 3.05) is 42.7 Å². The summed E-state index contributed by atoms with van der Waals surface area (Å²) >= 11 is 0.748. The summed E-state index contributed by atoms with van der Waals surface area (Å²) in [6.07, 6.45) is -1.15. The molecular weight excluding hydrogens is 429 g/mol. The van der Waals surface area contributed by atoms with Gasteiger partial charge in [-0.15, -0.1) is 11.3 Å². The fourth-order valence-corrected chi connectivity index (χ4v) is 4.52. The van der Waals surface area contributed by atoms with Crippen molar-refractivity contribution in [3.05, 3.63) is 40.3 Å². The number of fused-ring (bicyclic) bond motifs is 3. The predicted molar refractivity (Wildman–Crippen MR) is 108 cm³/mol. The first-order valence-corrected chi connectivity index (χ1v) is 10.5. The Morgan fingerprint density at radius 1 is 1.26 bits per heavy atom. The van der Waals surface area contributed by atoms with Gasteiger partial charge < -0.3 is 24.4 Å². The van der Waals surface area contributed by atoms with E-state index in [-0.39, 0.29) is 30.5 Å². The molecule has 0 unspecified atom stereocenters. The molecule has 0 aliphatic carbocycles. The average molecular weight is 447 g/mol. The van der Waals surface area contributed by atoms with Crippen molar-refractivity contribution in [1.82, 2.24) is 5.32 Å². The number of benzene rings is 1. The van der Waals surface area contributed by atoms with Gasteiger partial charge in [0.05, 0.1) is 23.7 Å². The second-order valence-corrected chi connectivity index (χ2v) is 8.27. The number of cyclic esters (lactones) is 1. The zero-order chi connectivity index (χ0) is 21.5. The number of ether oxygens (including phenoxy) is 3. The van der Waals surface area contributed by atoms with Crippen LogP contribution in [0, 0.1) is 5.13 Å². The predicted octanol–water partition coefficient (Wildman–Crippen LogP) is 1.77. The zero-order valence-corrected chi connectivity index (χ0v) is 17.0. The van der Waals surface area contributed by atoms with Gasteiger partial charge in [0.1, 0.15) is 31.1 Å². The van der Waals surface area contributed by atoms with Gasteiger partial charge in [0.2, 0.25) is 0 Å². The summed E-state index contributed by atoms with van der Waals surface area (Å²) in [6, 6.07) is 7.40. The minimum absolute atomic E-state index is 0.0317. The van der Waals surface area contributed by atoms with Crippen molar-refractivity contribution in [1.29, 1.82) is 0 Å². The van der Waals surface area contributed by atoms with Crippen molar-refractivity contribution in [2.24, 2.45) is 0 Å². The summed E-state index contributed by atoms with van der Waals surface area (Å²) in [5, 5.41) is 2.23. The molecule has 3 aliphatic heterocycles. The number of carbonyl (C=O) groups is 3. The van der Waals surface area contributed by atoms with E-state index in [2.05, 4.69) is 5.32 Å². The average Bonchev–Trinajstić information content (AvgIpc) is 3.35. The molecule has 1 aromatic carbocycles. The topological polar surface area (TPSA) is 97.4 Å². The third kappa shape index (κ3) is 3.59.